The van der Waals surface area contributed by atoms with Gasteiger partial charge in [-0.25, -0.2) is 0 Å². The van der Waals surface area contributed by atoms with Crippen LogP contribution < -0.4 is 5.32 Å². The maximum Gasteiger partial charge on any atom is 0.225 e. The number of carbonyl (C=O) groups excluding carboxylic acids is 1. The van der Waals surface area contributed by atoms with E-state index in [1.807, 2.05) is 30.1 Å². The Balaban J connectivity index is 2.54. The molecule has 0 saturated carbocycles. The molecule has 0 heterocycles. The van der Waals surface area contributed by atoms with Gasteiger partial charge in [0.05, 0.1) is 6.61 Å². The Hall–Kier alpha value is -1.39. The van der Waals surface area contributed by atoms with Crippen LogP contribution in [0.5, 0.6) is 0 Å². The van der Waals surface area contributed by atoms with Crippen LogP contribution in [0.4, 0.5) is 5.69 Å². The third-order valence-corrected chi connectivity index (χ3v) is 3.21. The molecular weight excluding hydrogens is 252 g/mol. The van der Waals surface area contributed by atoms with E-state index in [0.29, 0.717) is 19.5 Å². The molecule has 0 aliphatic carbocycles. The highest BCUT2D eigenvalue weighted by Crippen LogP contribution is 2.24. The van der Waals surface area contributed by atoms with E-state index in [9.17, 15) is 4.79 Å². The summed E-state index contributed by atoms with van der Waals surface area (Å²) >= 11 is 0. The largest absolute Gasteiger partial charge is 0.395 e. The molecule has 20 heavy (non-hydrogen) atoms. The number of nitrogens with one attached hydrogen (secondary N) is 1. The Labute approximate surface area is 121 Å². The molecular formula is C16H26N2O2. The lowest BCUT2D eigenvalue weighted by atomic mass is 9.87. The maximum absolute atomic E-state index is 11.9. The van der Waals surface area contributed by atoms with Crippen LogP contribution in [0.2, 0.25) is 0 Å². The number of rotatable bonds is 6. The average Bonchev–Trinajstić information content (AvgIpc) is 2.36. The van der Waals surface area contributed by atoms with E-state index in [1.54, 1.807) is 0 Å². The highest BCUT2D eigenvalue weighted by Gasteiger charge is 2.14. The molecule has 1 amide bonds. The summed E-state index contributed by atoms with van der Waals surface area (Å²) < 4.78 is 0. The van der Waals surface area contributed by atoms with E-state index < -0.39 is 0 Å². The number of carbonyl (C=O) groups is 1. The molecule has 4 nitrogen and oxygen atoms in total. The van der Waals surface area contributed by atoms with Gasteiger partial charge < -0.3 is 15.3 Å². The first-order valence-electron chi connectivity index (χ1n) is 7.02. The normalized spacial score (nSPS) is 11.7. The lowest BCUT2D eigenvalue weighted by Gasteiger charge is -2.20. The van der Waals surface area contributed by atoms with E-state index in [2.05, 4.69) is 32.2 Å². The third-order valence-electron chi connectivity index (χ3n) is 3.21. The molecule has 0 saturated heterocycles. The molecule has 1 aromatic rings. The van der Waals surface area contributed by atoms with Crippen molar-refractivity contribution in [2.24, 2.45) is 0 Å². The minimum Gasteiger partial charge on any atom is -0.395 e. The standard InChI is InChI=1S/C16H26N2O2/c1-16(2,3)13-6-5-7-14(12-13)17-15(20)8-9-18(4)10-11-19/h5-7,12,19H,8-11H2,1-4H3,(H,17,20). The molecule has 4 heteroatoms. The second-order valence-corrected chi connectivity index (χ2v) is 6.16. The molecule has 0 aliphatic heterocycles. The summed E-state index contributed by atoms with van der Waals surface area (Å²) in [5.74, 6) is 0.000786. The quantitative estimate of drug-likeness (QED) is 0.839. The van der Waals surface area contributed by atoms with Crippen molar-refractivity contribution in [3.05, 3.63) is 29.8 Å². The van der Waals surface area contributed by atoms with Crippen molar-refractivity contribution in [2.75, 3.05) is 32.1 Å². The van der Waals surface area contributed by atoms with E-state index in [4.69, 9.17) is 5.11 Å². The van der Waals surface area contributed by atoms with Gasteiger partial charge in [0.1, 0.15) is 0 Å². The van der Waals surface area contributed by atoms with Gasteiger partial charge in [-0.3, -0.25) is 4.79 Å². The average molecular weight is 278 g/mol. The molecule has 1 rings (SSSR count). The molecule has 0 atom stereocenters. The molecule has 0 radical (unpaired) electrons. The topological polar surface area (TPSA) is 52.6 Å². The molecule has 1 aromatic carbocycles. The Kier molecular flexibility index (Phi) is 6.17. The Morgan fingerprint density at radius 2 is 2.00 bits per heavy atom. The van der Waals surface area contributed by atoms with Crippen molar-refractivity contribution in [1.29, 1.82) is 0 Å². The number of benzene rings is 1. The Bertz CT molecular complexity index is 438. The van der Waals surface area contributed by atoms with Crippen LogP contribution in [0.1, 0.15) is 32.8 Å². The van der Waals surface area contributed by atoms with Gasteiger partial charge in [0.15, 0.2) is 0 Å². The van der Waals surface area contributed by atoms with Gasteiger partial charge in [0, 0.05) is 25.2 Å². The second kappa shape index (κ2) is 7.41. The van der Waals surface area contributed by atoms with Crippen molar-refractivity contribution < 1.29 is 9.90 Å². The first-order valence-corrected chi connectivity index (χ1v) is 7.02. The van der Waals surface area contributed by atoms with Crippen molar-refractivity contribution in [3.63, 3.8) is 0 Å². The van der Waals surface area contributed by atoms with Crippen LogP contribution in [-0.2, 0) is 10.2 Å². The highest BCUT2D eigenvalue weighted by molar-refractivity contribution is 5.90. The van der Waals surface area contributed by atoms with Gasteiger partial charge in [0.2, 0.25) is 5.91 Å². The van der Waals surface area contributed by atoms with Crippen molar-refractivity contribution in [2.45, 2.75) is 32.6 Å². The zero-order chi connectivity index (χ0) is 15.2. The van der Waals surface area contributed by atoms with Crippen LogP contribution in [0, 0.1) is 0 Å². The Morgan fingerprint density at radius 1 is 1.30 bits per heavy atom. The fraction of sp³-hybridized carbons (Fsp3) is 0.562. The highest BCUT2D eigenvalue weighted by atomic mass is 16.3. The SMILES string of the molecule is CN(CCO)CCC(=O)Nc1cccc(C(C)(C)C)c1. The molecule has 0 aliphatic rings. The zero-order valence-electron chi connectivity index (χ0n) is 12.9. The van der Waals surface area contributed by atoms with Gasteiger partial charge in [0.25, 0.3) is 0 Å². The third kappa shape index (κ3) is 5.72. The monoisotopic (exact) mass is 278 g/mol. The van der Waals surface area contributed by atoms with Gasteiger partial charge in [-0.2, -0.15) is 0 Å². The fourth-order valence-electron chi connectivity index (χ4n) is 1.86. The number of anilines is 1. The Morgan fingerprint density at radius 3 is 2.60 bits per heavy atom. The summed E-state index contributed by atoms with van der Waals surface area (Å²) in [7, 11) is 1.89. The minimum atomic E-state index is 0.000786. The van der Waals surface area contributed by atoms with Crippen molar-refractivity contribution >= 4 is 11.6 Å². The first kappa shape index (κ1) is 16.7. The number of hydrogen-bond acceptors (Lipinski definition) is 3. The molecule has 0 unspecified atom stereocenters. The molecule has 0 aromatic heterocycles. The van der Waals surface area contributed by atoms with Crippen LogP contribution >= 0.6 is 0 Å². The number of hydrogen-bond donors (Lipinski definition) is 2. The second-order valence-electron chi connectivity index (χ2n) is 6.16. The fourth-order valence-corrected chi connectivity index (χ4v) is 1.86. The van der Waals surface area contributed by atoms with E-state index in [-0.39, 0.29) is 17.9 Å². The number of amides is 1. The van der Waals surface area contributed by atoms with Crippen LogP contribution in [-0.4, -0.2) is 42.7 Å². The van der Waals surface area contributed by atoms with Gasteiger partial charge in [-0.1, -0.05) is 32.9 Å². The van der Waals surface area contributed by atoms with Crippen molar-refractivity contribution in [1.82, 2.24) is 4.90 Å². The summed E-state index contributed by atoms with van der Waals surface area (Å²) in [6.07, 6.45) is 0.427. The zero-order valence-corrected chi connectivity index (χ0v) is 12.9. The molecule has 0 fully saturated rings. The van der Waals surface area contributed by atoms with E-state index >= 15 is 0 Å². The molecule has 0 spiro atoms. The van der Waals surface area contributed by atoms with Gasteiger partial charge in [-0.05, 0) is 30.2 Å². The van der Waals surface area contributed by atoms with E-state index in [0.717, 1.165) is 5.69 Å². The number of aliphatic hydroxyl groups is 1. The summed E-state index contributed by atoms with van der Waals surface area (Å²) in [6.45, 7) is 7.80. The number of likely N-dealkylation sites (N-methyl/N-ethyl adjacent to an activating group) is 1. The van der Waals surface area contributed by atoms with E-state index in [1.165, 1.54) is 5.56 Å². The van der Waals surface area contributed by atoms with Gasteiger partial charge in [-0.15, -0.1) is 0 Å². The predicted octanol–water partition coefficient (Wildman–Crippen LogP) is 2.24. The van der Waals surface area contributed by atoms with Crippen molar-refractivity contribution in [3.8, 4) is 0 Å². The maximum atomic E-state index is 11.9. The molecule has 112 valence electrons. The van der Waals surface area contributed by atoms with Gasteiger partial charge >= 0.3 is 0 Å². The number of aliphatic hydroxyl groups excluding tert-OH is 1. The first-order chi connectivity index (χ1) is 9.32. The summed E-state index contributed by atoms with van der Waals surface area (Å²) in [4.78, 5) is 13.8. The summed E-state index contributed by atoms with van der Waals surface area (Å²) in [6, 6.07) is 7.97. The predicted molar refractivity (Wildman–Crippen MR) is 83.0 cm³/mol. The summed E-state index contributed by atoms with van der Waals surface area (Å²) in [5.41, 5.74) is 2.11. The summed E-state index contributed by atoms with van der Waals surface area (Å²) in [5, 5.41) is 11.7. The molecule has 2 N–H and O–H groups in total. The minimum absolute atomic E-state index is 0.000786. The molecule has 0 bridgehead atoms. The van der Waals surface area contributed by atoms with Crippen LogP contribution in [0.3, 0.4) is 0 Å². The number of nitrogens with zero attached hydrogens (tertiary/aromatic N) is 1. The lowest BCUT2D eigenvalue weighted by molar-refractivity contribution is -0.116. The van der Waals surface area contributed by atoms with Crippen LogP contribution in [0.25, 0.3) is 0 Å². The lowest BCUT2D eigenvalue weighted by Crippen LogP contribution is -2.26. The smallest absolute Gasteiger partial charge is 0.225 e. The van der Waals surface area contributed by atoms with Crippen LogP contribution in [0.15, 0.2) is 24.3 Å².